The summed E-state index contributed by atoms with van der Waals surface area (Å²) in [6, 6.07) is 20.6. The van der Waals surface area contributed by atoms with Gasteiger partial charge in [0.25, 0.3) is 0 Å². The Labute approximate surface area is 123 Å². The van der Waals surface area contributed by atoms with Crippen LogP contribution < -0.4 is 5.01 Å². The van der Waals surface area contributed by atoms with Crippen LogP contribution in [0.2, 0.25) is 0 Å². The van der Waals surface area contributed by atoms with Crippen molar-refractivity contribution >= 4 is 57.1 Å². The maximum absolute atomic E-state index is 2.26. The molecule has 0 N–H and O–H groups in total. The summed E-state index contributed by atoms with van der Waals surface area (Å²) in [4.78, 5) is 0. The molecule has 0 saturated heterocycles. The Balaban J connectivity index is 2.40. The normalized spacial score (nSPS) is 10.4. The van der Waals surface area contributed by atoms with E-state index in [1.807, 2.05) is 37.8 Å². The Kier molecular flexibility index (Phi) is 4.42. The van der Waals surface area contributed by atoms with Crippen LogP contribution in [0, 0.1) is 0 Å². The second-order valence-electron chi connectivity index (χ2n) is 3.20. The van der Waals surface area contributed by atoms with E-state index in [2.05, 4.69) is 75.0 Å². The number of nitrogens with zero attached hydrogens (tertiary/aromatic N) is 2. The summed E-state index contributed by atoms with van der Waals surface area (Å²) >= 11 is 4.51. The van der Waals surface area contributed by atoms with Crippen molar-refractivity contribution in [2.75, 3.05) is 5.01 Å². The van der Waals surface area contributed by atoms with E-state index in [1.54, 1.807) is 0 Å². The molecule has 0 aliphatic heterocycles. The smallest absolute Gasteiger partial charge is 0.0596 e. The van der Waals surface area contributed by atoms with Gasteiger partial charge < -0.3 is 0 Å². The first-order chi connectivity index (χ1) is 7.79. The third-order valence-corrected chi connectivity index (χ3v) is 3.02. The fraction of sp³-hybridized carbons (Fsp3) is 0. The lowest BCUT2D eigenvalue weighted by Crippen LogP contribution is -2.22. The van der Waals surface area contributed by atoms with Gasteiger partial charge in [-0.15, -0.1) is 0 Å². The summed E-state index contributed by atoms with van der Waals surface area (Å²) in [5, 5.41) is 2.14. The summed E-state index contributed by atoms with van der Waals surface area (Å²) in [6.45, 7) is 0. The molecule has 2 rings (SSSR count). The van der Waals surface area contributed by atoms with E-state index in [0.29, 0.717) is 0 Å². The van der Waals surface area contributed by atoms with Crippen LogP contribution in [0.15, 0.2) is 60.7 Å². The maximum Gasteiger partial charge on any atom is 0.0596 e. The first-order valence-corrected chi connectivity index (χ1v) is 6.74. The molecule has 4 heteroatoms. The standard InChI is InChI=1S/C12H10I2N2/c13-16(14)15(11-7-3-1-4-8-11)12-9-5-2-6-10-12/h1-10H. The van der Waals surface area contributed by atoms with Gasteiger partial charge in [0.2, 0.25) is 0 Å². The topological polar surface area (TPSA) is 6.48 Å². The zero-order valence-corrected chi connectivity index (χ0v) is 12.7. The number of halogens is 2. The highest BCUT2D eigenvalue weighted by molar-refractivity contribution is 14.2. The van der Waals surface area contributed by atoms with E-state index in [9.17, 15) is 0 Å². The zero-order valence-electron chi connectivity index (χ0n) is 8.42. The quantitative estimate of drug-likeness (QED) is 0.390. The Hall–Kier alpha value is -0.340. The maximum atomic E-state index is 2.26. The van der Waals surface area contributed by atoms with Crippen LogP contribution in [-0.2, 0) is 0 Å². The number of benzene rings is 2. The van der Waals surface area contributed by atoms with Crippen molar-refractivity contribution < 1.29 is 0 Å². The highest BCUT2D eigenvalue weighted by Gasteiger charge is 2.12. The summed E-state index contributed by atoms with van der Waals surface area (Å²) in [7, 11) is 0. The van der Waals surface area contributed by atoms with Gasteiger partial charge in [-0.1, -0.05) is 37.8 Å². The fourth-order valence-electron chi connectivity index (χ4n) is 1.46. The summed E-state index contributed by atoms with van der Waals surface area (Å²) in [6.07, 6.45) is 0. The largest absolute Gasteiger partial charge is 0.256 e. The van der Waals surface area contributed by atoms with Crippen molar-refractivity contribution in [3.05, 3.63) is 60.7 Å². The molecule has 0 bridgehead atoms. The molecule has 82 valence electrons. The van der Waals surface area contributed by atoms with Crippen LogP contribution in [-0.4, -0.2) is 1.44 Å². The van der Waals surface area contributed by atoms with E-state index < -0.39 is 0 Å². The number of rotatable bonds is 3. The highest BCUT2D eigenvalue weighted by Crippen LogP contribution is 2.31. The lowest BCUT2D eigenvalue weighted by molar-refractivity contribution is 0.853. The van der Waals surface area contributed by atoms with E-state index >= 15 is 0 Å². The average molecular weight is 436 g/mol. The second kappa shape index (κ2) is 5.83. The molecule has 0 fully saturated rings. The first kappa shape index (κ1) is 12.1. The third-order valence-electron chi connectivity index (χ3n) is 2.15. The Bertz CT molecular complexity index is 392. The van der Waals surface area contributed by atoms with E-state index in [1.165, 1.54) is 0 Å². The molecule has 16 heavy (non-hydrogen) atoms. The number of hydrazine groups is 1. The summed E-state index contributed by atoms with van der Waals surface area (Å²) < 4.78 is 2.01. The Morgan fingerprint density at radius 2 is 1.00 bits per heavy atom. The van der Waals surface area contributed by atoms with Crippen molar-refractivity contribution in [1.29, 1.82) is 0 Å². The predicted octanol–water partition coefficient (Wildman–Crippen LogP) is 4.74. The number of hydrogen-bond donors (Lipinski definition) is 0. The number of hydrogen-bond acceptors (Lipinski definition) is 2. The van der Waals surface area contributed by atoms with Gasteiger partial charge >= 0.3 is 0 Å². The van der Waals surface area contributed by atoms with Crippen LogP contribution >= 0.6 is 45.7 Å². The van der Waals surface area contributed by atoms with Gasteiger partial charge in [0.15, 0.2) is 0 Å². The average Bonchev–Trinajstić information content (AvgIpc) is 2.31. The van der Waals surface area contributed by atoms with Gasteiger partial charge in [-0.3, -0.25) is 5.01 Å². The molecular weight excluding hydrogens is 426 g/mol. The lowest BCUT2D eigenvalue weighted by Gasteiger charge is -2.27. The van der Waals surface area contributed by atoms with Gasteiger partial charge in [0.1, 0.15) is 0 Å². The van der Waals surface area contributed by atoms with Crippen LogP contribution in [0.3, 0.4) is 0 Å². The predicted molar refractivity (Wildman–Crippen MR) is 84.9 cm³/mol. The molecule has 0 aromatic heterocycles. The fourth-order valence-corrected chi connectivity index (χ4v) is 2.46. The number of para-hydroxylation sites is 2. The molecule has 0 aliphatic rings. The molecule has 0 radical (unpaired) electrons. The molecule has 2 aromatic carbocycles. The Morgan fingerprint density at radius 3 is 1.31 bits per heavy atom. The first-order valence-electron chi connectivity index (χ1n) is 4.81. The van der Waals surface area contributed by atoms with Gasteiger partial charge in [0, 0.05) is 0 Å². The van der Waals surface area contributed by atoms with E-state index in [0.717, 1.165) is 11.4 Å². The van der Waals surface area contributed by atoms with Crippen molar-refractivity contribution in [3.8, 4) is 0 Å². The minimum absolute atomic E-state index is 1.15. The Morgan fingerprint density at radius 1 is 0.625 bits per heavy atom. The summed E-state index contributed by atoms with van der Waals surface area (Å²) in [5.74, 6) is 0. The molecule has 0 amide bonds. The van der Waals surface area contributed by atoms with E-state index in [4.69, 9.17) is 0 Å². The van der Waals surface area contributed by atoms with Crippen LogP contribution in [0.1, 0.15) is 0 Å². The van der Waals surface area contributed by atoms with Gasteiger partial charge in [0.05, 0.1) is 57.1 Å². The molecule has 0 heterocycles. The minimum atomic E-state index is 1.15. The molecule has 2 nitrogen and oxygen atoms in total. The van der Waals surface area contributed by atoms with Crippen LogP contribution in [0.4, 0.5) is 11.4 Å². The molecule has 0 atom stereocenters. The van der Waals surface area contributed by atoms with Crippen molar-refractivity contribution in [3.63, 3.8) is 0 Å². The van der Waals surface area contributed by atoms with Crippen molar-refractivity contribution in [1.82, 2.24) is 1.44 Å². The van der Waals surface area contributed by atoms with Gasteiger partial charge in [-0.2, -0.15) is 0 Å². The lowest BCUT2D eigenvalue weighted by atomic mass is 10.2. The summed E-state index contributed by atoms with van der Waals surface area (Å²) in [5.41, 5.74) is 2.30. The van der Waals surface area contributed by atoms with Crippen molar-refractivity contribution in [2.24, 2.45) is 0 Å². The van der Waals surface area contributed by atoms with Crippen LogP contribution in [0.25, 0.3) is 0 Å². The second-order valence-corrected chi connectivity index (χ2v) is 6.87. The van der Waals surface area contributed by atoms with Crippen LogP contribution in [0.5, 0.6) is 0 Å². The monoisotopic (exact) mass is 436 g/mol. The zero-order chi connectivity index (χ0) is 11.4. The molecule has 0 saturated carbocycles. The number of anilines is 2. The molecule has 0 unspecified atom stereocenters. The third kappa shape index (κ3) is 2.86. The molecule has 2 aromatic rings. The molecule has 0 aliphatic carbocycles. The van der Waals surface area contributed by atoms with Crippen molar-refractivity contribution in [2.45, 2.75) is 0 Å². The van der Waals surface area contributed by atoms with E-state index in [-0.39, 0.29) is 0 Å². The van der Waals surface area contributed by atoms with Gasteiger partial charge in [-0.25, -0.2) is 0 Å². The molecular formula is C12H10I2N2. The highest BCUT2D eigenvalue weighted by atomic mass is 127. The van der Waals surface area contributed by atoms with Gasteiger partial charge in [-0.05, 0) is 24.3 Å². The SMILES string of the molecule is IN(I)N(c1ccccc1)c1ccccc1. The minimum Gasteiger partial charge on any atom is -0.256 e. The molecule has 0 spiro atoms.